The maximum atomic E-state index is 12.4. The van der Waals surface area contributed by atoms with Crippen molar-refractivity contribution in [1.82, 2.24) is 5.32 Å². The molecule has 6 heteroatoms. The summed E-state index contributed by atoms with van der Waals surface area (Å²) in [6.45, 7) is 4.61. The number of amides is 2. The maximum Gasteiger partial charge on any atom is 0.255 e. The monoisotopic (exact) mass is 360 g/mol. The number of nitrogens with one attached hydrogen (secondary N) is 2. The van der Waals surface area contributed by atoms with Gasteiger partial charge in [-0.2, -0.15) is 0 Å². The Bertz CT molecular complexity index is 758. The van der Waals surface area contributed by atoms with Crippen molar-refractivity contribution in [3.63, 3.8) is 0 Å². The predicted octanol–water partition coefficient (Wildman–Crippen LogP) is 3.99. The Morgan fingerprint density at radius 2 is 1.68 bits per heavy atom. The third kappa shape index (κ3) is 5.22. The topological polar surface area (TPSA) is 67.4 Å². The minimum atomic E-state index is -0.315. The Balaban J connectivity index is 2.13. The smallest absolute Gasteiger partial charge is 0.255 e. The molecule has 0 aromatic heterocycles. The largest absolute Gasteiger partial charge is 0.497 e. The SMILES string of the molecule is COc1ccc(C(=O)Nc2cc(C(=O)NCC(C)C)ccc2Cl)cc1. The van der Waals surface area contributed by atoms with E-state index in [1.165, 1.54) is 0 Å². The van der Waals surface area contributed by atoms with Crippen molar-refractivity contribution >= 4 is 29.1 Å². The molecule has 0 bridgehead atoms. The highest BCUT2D eigenvalue weighted by Crippen LogP contribution is 2.24. The van der Waals surface area contributed by atoms with E-state index in [0.29, 0.717) is 40.0 Å². The first-order chi connectivity index (χ1) is 11.9. The second kappa shape index (κ2) is 8.53. The van der Waals surface area contributed by atoms with E-state index in [4.69, 9.17) is 16.3 Å². The van der Waals surface area contributed by atoms with Crippen LogP contribution in [0.4, 0.5) is 5.69 Å². The van der Waals surface area contributed by atoms with Gasteiger partial charge in [-0.15, -0.1) is 0 Å². The van der Waals surface area contributed by atoms with Crippen LogP contribution < -0.4 is 15.4 Å². The van der Waals surface area contributed by atoms with E-state index in [1.54, 1.807) is 49.6 Å². The van der Waals surface area contributed by atoms with Crippen LogP contribution in [0.15, 0.2) is 42.5 Å². The lowest BCUT2D eigenvalue weighted by Gasteiger charge is -2.11. The average molecular weight is 361 g/mol. The first-order valence-corrected chi connectivity index (χ1v) is 8.31. The van der Waals surface area contributed by atoms with Crippen LogP contribution in [0.3, 0.4) is 0 Å². The first kappa shape index (κ1) is 18.8. The summed E-state index contributed by atoms with van der Waals surface area (Å²) in [5.74, 6) is 0.499. The number of hydrogen-bond acceptors (Lipinski definition) is 3. The van der Waals surface area contributed by atoms with Crippen molar-refractivity contribution in [2.45, 2.75) is 13.8 Å². The van der Waals surface area contributed by atoms with Crippen molar-refractivity contribution in [2.24, 2.45) is 5.92 Å². The Labute approximate surface area is 152 Å². The number of anilines is 1. The second-order valence-electron chi connectivity index (χ2n) is 5.98. The standard InChI is InChI=1S/C19H21ClN2O3/c1-12(2)11-21-18(23)14-6-9-16(20)17(10-14)22-19(24)13-4-7-15(25-3)8-5-13/h4-10,12H,11H2,1-3H3,(H,21,23)(H,22,24). The molecular formula is C19H21ClN2O3. The molecule has 0 aliphatic carbocycles. The fourth-order valence-corrected chi connectivity index (χ4v) is 2.26. The van der Waals surface area contributed by atoms with Crippen molar-refractivity contribution < 1.29 is 14.3 Å². The molecule has 0 saturated carbocycles. The molecule has 0 aliphatic heterocycles. The lowest BCUT2D eigenvalue weighted by Crippen LogP contribution is -2.27. The van der Waals surface area contributed by atoms with Crippen molar-refractivity contribution in [1.29, 1.82) is 0 Å². The lowest BCUT2D eigenvalue weighted by molar-refractivity contribution is 0.0947. The molecule has 25 heavy (non-hydrogen) atoms. The Kier molecular flexibility index (Phi) is 6.42. The van der Waals surface area contributed by atoms with Crippen LogP contribution in [0, 0.1) is 5.92 Å². The highest BCUT2D eigenvalue weighted by molar-refractivity contribution is 6.34. The van der Waals surface area contributed by atoms with Crippen LogP contribution in [-0.4, -0.2) is 25.5 Å². The molecule has 0 heterocycles. The molecule has 2 rings (SSSR count). The molecule has 2 aromatic carbocycles. The normalized spacial score (nSPS) is 10.4. The van der Waals surface area contributed by atoms with E-state index < -0.39 is 0 Å². The molecule has 2 amide bonds. The third-order valence-electron chi connectivity index (χ3n) is 3.50. The number of methoxy groups -OCH3 is 1. The van der Waals surface area contributed by atoms with E-state index in [9.17, 15) is 9.59 Å². The molecule has 0 aliphatic rings. The molecule has 0 atom stereocenters. The van der Waals surface area contributed by atoms with Gasteiger partial charge < -0.3 is 15.4 Å². The molecular weight excluding hydrogens is 340 g/mol. The molecule has 5 nitrogen and oxygen atoms in total. The molecule has 132 valence electrons. The highest BCUT2D eigenvalue weighted by atomic mass is 35.5. The Morgan fingerprint density at radius 1 is 1.04 bits per heavy atom. The summed E-state index contributed by atoms with van der Waals surface area (Å²) in [5.41, 5.74) is 1.29. The van der Waals surface area contributed by atoms with Crippen molar-refractivity contribution in [2.75, 3.05) is 19.0 Å². The fourth-order valence-electron chi connectivity index (χ4n) is 2.10. The van der Waals surface area contributed by atoms with Crippen LogP contribution in [0.25, 0.3) is 0 Å². The van der Waals surface area contributed by atoms with Crippen LogP contribution >= 0.6 is 11.6 Å². The molecule has 0 radical (unpaired) electrons. The van der Waals surface area contributed by atoms with Gasteiger partial charge in [0.1, 0.15) is 5.75 Å². The number of ether oxygens (including phenoxy) is 1. The van der Waals surface area contributed by atoms with Crippen LogP contribution in [0.5, 0.6) is 5.75 Å². The van der Waals surface area contributed by atoms with Gasteiger partial charge in [0, 0.05) is 17.7 Å². The van der Waals surface area contributed by atoms with Gasteiger partial charge in [0.15, 0.2) is 0 Å². The molecule has 2 aromatic rings. The van der Waals surface area contributed by atoms with Gasteiger partial charge >= 0.3 is 0 Å². The van der Waals surface area contributed by atoms with Gasteiger partial charge in [-0.1, -0.05) is 25.4 Å². The summed E-state index contributed by atoms with van der Waals surface area (Å²) in [7, 11) is 1.56. The summed E-state index contributed by atoms with van der Waals surface area (Å²) in [6, 6.07) is 11.5. The summed E-state index contributed by atoms with van der Waals surface area (Å²) in [6.07, 6.45) is 0. The molecule has 0 saturated heterocycles. The predicted molar refractivity (Wildman–Crippen MR) is 99.6 cm³/mol. The molecule has 0 fully saturated rings. The molecule has 0 unspecified atom stereocenters. The number of benzene rings is 2. The zero-order valence-electron chi connectivity index (χ0n) is 14.4. The third-order valence-corrected chi connectivity index (χ3v) is 3.83. The van der Waals surface area contributed by atoms with Crippen LogP contribution in [0.1, 0.15) is 34.6 Å². The van der Waals surface area contributed by atoms with Gasteiger partial charge in [0.2, 0.25) is 0 Å². The summed E-state index contributed by atoms with van der Waals surface area (Å²) in [5, 5.41) is 5.93. The summed E-state index contributed by atoms with van der Waals surface area (Å²) < 4.78 is 5.07. The lowest BCUT2D eigenvalue weighted by atomic mass is 10.1. The van der Waals surface area contributed by atoms with Gasteiger partial charge in [-0.25, -0.2) is 0 Å². The van der Waals surface area contributed by atoms with Crippen LogP contribution in [0.2, 0.25) is 5.02 Å². The van der Waals surface area contributed by atoms with Gasteiger partial charge in [-0.3, -0.25) is 9.59 Å². The van der Waals surface area contributed by atoms with E-state index in [-0.39, 0.29) is 11.8 Å². The quantitative estimate of drug-likeness (QED) is 0.818. The minimum absolute atomic E-state index is 0.203. The first-order valence-electron chi connectivity index (χ1n) is 7.94. The van der Waals surface area contributed by atoms with Crippen molar-refractivity contribution in [3.05, 3.63) is 58.6 Å². The number of carbonyl (C=O) groups excluding carboxylic acids is 2. The highest BCUT2D eigenvalue weighted by Gasteiger charge is 2.12. The molecule has 2 N–H and O–H groups in total. The zero-order valence-corrected chi connectivity index (χ0v) is 15.2. The zero-order chi connectivity index (χ0) is 18.4. The van der Waals surface area contributed by atoms with E-state index in [2.05, 4.69) is 10.6 Å². The van der Waals surface area contributed by atoms with Crippen molar-refractivity contribution in [3.8, 4) is 5.75 Å². The number of halogens is 1. The van der Waals surface area contributed by atoms with Gasteiger partial charge in [0.25, 0.3) is 11.8 Å². The van der Waals surface area contributed by atoms with Crippen LogP contribution in [-0.2, 0) is 0 Å². The van der Waals surface area contributed by atoms with Gasteiger partial charge in [0.05, 0.1) is 17.8 Å². The summed E-state index contributed by atoms with van der Waals surface area (Å²) >= 11 is 6.14. The van der Waals surface area contributed by atoms with Gasteiger partial charge in [-0.05, 0) is 48.4 Å². The number of carbonyl (C=O) groups is 2. The Hall–Kier alpha value is -2.53. The second-order valence-corrected chi connectivity index (χ2v) is 6.39. The minimum Gasteiger partial charge on any atom is -0.497 e. The fraction of sp³-hybridized carbons (Fsp3) is 0.263. The number of hydrogen-bond donors (Lipinski definition) is 2. The molecule has 0 spiro atoms. The number of rotatable bonds is 6. The average Bonchev–Trinajstić information content (AvgIpc) is 2.61. The van der Waals surface area contributed by atoms with E-state index >= 15 is 0 Å². The Morgan fingerprint density at radius 3 is 2.28 bits per heavy atom. The maximum absolute atomic E-state index is 12.4. The van der Waals surface area contributed by atoms with E-state index in [1.807, 2.05) is 13.8 Å². The van der Waals surface area contributed by atoms with E-state index in [0.717, 1.165) is 0 Å². The summed E-state index contributed by atoms with van der Waals surface area (Å²) in [4.78, 5) is 24.5.